The molecule has 2 aromatic carbocycles. The van der Waals surface area contributed by atoms with Crippen molar-refractivity contribution in [1.82, 2.24) is 0 Å². The van der Waals surface area contributed by atoms with E-state index >= 15 is 0 Å². The van der Waals surface area contributed by atoms with Gasteiger partial charge in [-0.2, -0.15) is 0 Å². The molecular weight excluding hydrogens is 472 g/mol. The SMILES string of the molecule is CCCCCC(O)=CC[C@@H]1[C@@H](C/C=C\CCCC(=O)O)[C@@]2(Cc3ccc(-c4ccccc4)cc3)CO[C@@H]1C2. The largest absolute Gasteiger partial charge is 0.513 e. The van der Waals surface area contributed by atoms with Gasteiger partial charge in [0.15, 0.2) is 0 Å². The summed E-state index contributed by atoms with van der Waals surface area (Å²) < 4.78 is 6.37. The van der Waals surface area contributed by atoms with Crippen molar-refractivity contribution in [3.63, 3.8) is 0 Å². The van der Waals surface area contributed by atoms with E-state index in [0.717, 1.165) is 64.4 Å². The van der Waals surface area contributed by atoms with Gasteiger partial charge in [0.1, 0.15) is 0 Å². The molecule has 0 aromatic heterocycles. The predicted molar refractivity (Wildman–Crippen MR) is 154 cm³/mol. The van der Waals surface area contributed by atoms with Crippen LogP contribution in [0.2, 0.25) is 0 Å². The van der Waals surface area contributed by atoms with Crippen molar-refractivity contribution in [1.29, 1.82) is 0 Å². The summed E-state index contributed by atoms with van der Waals surface area (Å²) in [6, 6.07) is 19.5. The zero-order valence-corrected chi connectivity index (χ0v) is 22.9. The molecule has 2 fully saturated rings. The van der Waals surface area contributed by atoms with E-state index in [1.807, 2.05) is 6.07 Å². The number of aliphatic hydroxyl groups excluding tert-OH is 1. The van der Waals surface area contributed by atoms with Gasteiger partial charge in [0.05, 0.1) is 18.5 Å². The van der Waals surface area contributed by atoms with Crippen LogP contribution in [0.25, 0.3) is 11.1 Å². The Kier molecular flexibility index (Phi) is 10.2. The Morgan fingerprint density at radius 3 is 2.45 bits per heavy atom. The molecule has 204 valence electrons. The Hall–Kier alpha value is -2.85. The van der Waals surface area contributed by atoms with Crippen molar-refractivity contribution in [2.45, 2.75) is 83.7 Å². The van der Waals surface area contributed by atoms with Gasteiger partial charge in [-0.1, -0.05) is 86.5 Å². The zero-order chi connectivity index (χ0) is 26.8. The fourth-order valence-corrected chi connectivity index (χ4v) is 6.55. The highest BCUT2D eigenvalue weighted by molar-refractivity contribution is 5.66. The summed E-state index contributed by atoms with van der Waals surface area (Å²) in [4.78, 5) is 10.8. The lowest BCUT2D eigenvalue weighted by Gasteiger charge is -2.39. The van der Waals surface area contributed by atoms with Crippen molar-refractivity contribution in [3.8, 4) is 11.1 Å². The van der Waals surface area contributed by atoms with Crippen LogP contribution in [0.1, 0.15) is 76.7 Å². The van der Waals surface area contributed by atoms with Crippen LogP contribution in [-0.4, -0.2) is 28.9 Å². The first-order valence-electron chi connectivity index (χ1n) is 14.5. The van der Waals surface area contributed by atoms with Crippen molar-refractivity contribution < 1.29 is 19.7 Å². The number of allylic oxidation sites excluding steroid dienone is 4. The third kappa shape index (κ3) is 7.38. The number of aliphatic hydroxyl groups is 1. The fourth-order valence-electron chi connectivity index (χ4n) is 6.55. The number of carbonyl (C=O) groups is 1. The Morgan fingerprint density at radius 1 is 0.947 bits per heavy atom. The van der Waals surface area contributed by atoms with Gasteiger partial charge in [0.2, 0.25) is 0 Å². The standard InChI is InChI=1S/C34H44O4/c1-2-3-7-14-29(35)21-22-30-31(15-10-4-5-11-16-33(36)37)34(24-32(30)38-25-34)23-26-17-19-28(20-18-26)27-12-8-6-9-13-27/h4,6,8-10,12-13,17-21,30-32,35H,2-3,5,7,11,14-16,22-25H2,1H3,(H,36,37)/b10-4-,29-21?/t30-,31-,32-,34-/m1/s1. The van der Waals surface area contributed by atoms with E-state index in [1.54, 1.807) is 0 Å². The molecule has 2 aromatic rings. The maximum absolute atomic E-state index is 10.8. The number of unbranched alkanes of at least 4 members (excludes halogenated alkanes) is 3. The highest BCUT2D eigenvalue weighted by atomic mass is 16.5. The molecule has 0 amide bonds. The first-order chi connectivity index (χ1) is 18.5. The molecule has 4 nitrogen and oxygen atoms in total. The Morgan fingerprint density at radius 2 is 1.71 bits per heavy atom. The molecule has 2 aliphatic rings. The van der Waals surface area contributed by atoms with Gasteiger partial charge < -0.3 is 14.9 Å². The smallest absolute Gasteiger partial charge is 0.303 e. The minimum absolute atomic E-state index is 0.0979. The van der Waals surface area contributed by atoms with Gasteiger partial charge >= 0.3 is 5.97 Å². The molecule has 0 radical (unpaired) electrons. The van der Waals surface area contributed by atoms with Crippen LogP contribution < -0.4 is 0 Å². The highest BCUT2D eigenvalue weighted by Gasteiger charge is 2.57. The van der Waals surface area contributed by atoms with E-state index in [1.165, 1.54) is 16.7 Å². The molecule has 1 saturated carbocycles. The van der Waals surface area contributed by atoms with Crippen molar-refractivity contribution in [3.05, 3.63) is 84.1 Å². The molecule has 2 bridgehead atoms. The molecule has 1 aliphatic carbocycles. The molecule has 1 heterocycles. The third-order valence-electron chi connectivity index (χ3n) is 8.57. The summed E-state index contributed by atoms with van der Waals surface area (Å²) in [5.74, 6) is 0.663. The Bertz CT molecular complexity index is 1070. The predicted octanol–water partition coefficient (Wildman–Crippen LogP) is 8.53. The lowest BCUT2D eigenvalue weighted by Crippen LogP contribution is -2.37. The summed E-state index contributed by atoms with van der Waals surface area (Å²) in [6.07, 6.45) is 16.4. The summed E-state index contributed by atoms with van der Waals surface area (Å²) in [5, 5.41) is 19.4. The average molecular weight is 517 g/mol. The second-order valence-corrected chi connectivity index (χ2v) is 11.3. The van der Waals surface area contributed by atoms with Gasteiger partial charge in [0, 0.05) is 18.3 Å². The number of carboxylic acid groups (broad SMARTS) is 1. The fraction of sp³-hybridized carbons (Fsp3) is 0.500. The number of ether oxygens (including phenoxy) is 1. The Balaban J connectivity index is 1.47. The number of benzene rings is 2. The summed E-state index contributed by atoms with van der Waals surface area (Å²) >= 11 is 0. The van der Waals surface area contributed by atoms with E-state index in [9.17, 15) is 9.90 Å². The molecular formula is C34H44O4. The summed E-state index contributed by atoms with van der Waals surface area (Å²) in [7, 11) is 0. The maximum Gasteiger partial charge on any atom is 0.303 e. The van der Waals surface area contributed by atoms with E-state index in [-0.39, 0.29) is 17.9 Å². The van der Waals surface area contributed by atoms with Gasteiger partial charge in [-0.15, -0.1) is 0 Å². The second kappa shape index (κ2) is 13.8. The van der Waals surface area contributed by atoms with Crippen LogP contribution in [0.15, 0.2) is 78.6 Å². The molecule has 4 rings (SSSR count). The van der Waals surface area contributed by atoms with Gasteiger partial charge in [-0.25, -0.2) is 0 Å². The van der Waals surface area contributed by atoms with Crippen LogP contribution in [-0.2, 0) is 16.0 Å². The number of carboxylic acids is 1. The Labute approximate surface area is 228 Å². The molecule has 0 unspecified atom stereocenters. The van der Waals surface area contributed by atoms with Gasteiger partial charge in [0.25, 0.3) is 0 Å². The number of hydrogen-bond acceptors (Lipinski definition) is 3. The summed E-state index contributed by atoms with van der Waals surface area (Å²) in [5.41, 5.74) is 3.92. The number of rotatable bonds is 15. The highest BCUT2D eigenvalue weighted by Crippen LogP contribution is 2.58. The molecule has 1 saturated heterocycles. The number of aliphatic carboxylic acids is 1. The molecule has 2 N–H and O–H groups in total. The van der Waals surface area contributed by atoms with Gasteiger partial charge in [-0.05, 0) is 79.5 Å². The second-order valence-electron chi connectivity index (χ2n) is 11.3. The van der Waals surface area contributed by atoms with Crippen LogP contribution in [0.4, 0.5) is 0 Å². The minimum atomic E-state index is -0.730. The number of fused-ring (bicyclic) bond motifs is 2. The first-order valence-corrected chi connectivity index (χ1v) is 14.5. The zero-order valence-electron chi connectivity index (χ0n) is 22.9. The van der Waals surface area contributed by atoms with Crippen LogP contribution in [0.3, 0.4) is 0 Å². The van der Waals surface area contributed by atoms with Crippen LogP contribution in [0, 0.1) is 17.3 Å². The van der Waals surface area contributed by atoms with Crippen molar-refractivity contribution in [2.75, 3.05) is 6.61 Å². The third-order valence-corrected chi connectivity index (χ3v) is 8.57. The van der Waals surface area contributed by atoms with E-state index in [4.69, 9.17) is 9.84 Å². The van der Waals surface area contributed by atoms with Crippen LogP contribution >= 0.6 is 0 Å². The van der Waals surface area contributed by atoms with E-state index in [2.05, 4.69) is 73.7 Å². The van der Waals surface area contributed by atoms with E-state index in [0.29, 0.717) is 24.0 Å². The molecule has 4 atom stereocenters. The lowest BCUT2D eigenvalue weighted by molar-refractivity contribution is -0.137. The number of hydrogen-bond donors (Lipinski definition) is 2. The normalized spacial score (nSPS) is 24.9. The molecule has 0 spiro atoms. The van der Waals surface area contributed by atoms with Crippen LogP contribution in [0.5, 0.6) is 0 Å². The molecule has 4 heteroatoms. The van der Waals surface area contributed by atoms with Crippen molar-refractivity contribution >= 4 is 5.97 Å². The average Bonchev–Trinajstić information content (AvgIpc) is 3.46. The maximum atomic E-state index is 10.8. The topological polar surface area (TPSA) is 66.8 Å². The molecule has 1 aliphatic heterocycles. The van der Waals surface area contributed by atoms with Gasteiger partial charge in [-0.3, -0.25) is 4.79 Å². The molecule has 38 heavy (non-hydrogen) atoms. The monoisotopic (exact) mass is 516 g/mol. The lowest BCUT2D eigenvalue weighted by atomic mass is 9.69. The quantitative estimate of drug-likeness (QED) is 0.141. The first kappa shape index (κ1) is 28.2. The minimum Gasteiger partial charge on any atom is -0.513 e. The summed E-state index contributed by atoms with van der Waals surface area (Å²) in [6.45, 7) is 2.97. The van der Waals surface area contributed by atoms with Crippen molar-refractivity contribution in [2.24, 2.45) is 17.3 Å². The van der Waals surface area contributed by atoms with E-state index < -0.39 is 5.97 Å².